The van der Waals surface area contributed by atoms with Gasteiger partial charge in [0.15, 0.2) is 0 Å². The molecule has 0 atom stereocenters. The number of nitrogens with two attached hydrogens (primary N) is 1. The monoisotopic (exact) mass is 236 g/mol. The number of nitrogens with zero attached hydrogens (tertiary/aromatic N) is 1. The first-order chi connectivity index (χ1) is 8.19. The number of carbonyl (C=O) groups excluding carboxylic acids is 1. The minimum atomic E-state index is 0.0544. The molecule has 2 N–H and O–H groups in total. The molecule has 1 aromatic rings. The van der Waals surface area contributed by atoms with E-state index in [-0.39, 0.29) is 5.91 Å². The predicted octanol–water partition coefficient (Wildman–Crippen LogP) is 1.39. The maximum Gasteiger partial charge on any atom is 0.223 e. The third-order valence-corrected chi connectivity index (χ3v) is 2.46. The molecular weight excluding hydrogens is 216 g/mol. The Kier molecular flexibility index (Phi) is 5.49. The number of para-hydroxylation sites is 1. The fourth-order valence-corrected chi connectivity index (χ4v) is 1.59. The molecule has 0 bridgehead atoms. The van der Waals surface area contributed by atoms with E-state index in [2.05, 4.69) is 0 Å². The number of hydrogen-bond acceptors (Lipinski definition) is 3. The number of hydrogen-bond donors (Lipinski definition) is 1. The Morgan fingerprint density at radius 1 is 1.41 bits per heavy atom. The van der Waals surface area contributed by atoms with Gasteiger partial charge in [-0.3, -0.25) is 4.79 Å². The molecule has 4 nitrogen and oxygen atoms in total. The van der Waals surface area contributed by atoms with Crippen LogP contribution in [-0.2, 0) is 11.3 Å². The van der Waals surface area contributed by atoms with Crippen LogP contribution in [0.5, 0.6) is 5.75 Å². The van der Waals surface area contributed by atoms with Gasteiger partial charge in [-0.05, 0) is 13.0 Å². The highest BCUT2D eigenvalue weighted by Crippen LogP contribution is 2.19. The fraction of sp³-hybridized carbons (Fsp3) is 0.462. The zero-order valence-corrected chi connectivity index (χ0v) is 10.5. The molecule has 17 heavy (non-hydrogen) atoms. The number of carbonyl (C=O) groups is 1. The normalized spacial score (nSPS) is 10.1. The van der Waals surface area contributed by atoms with Gasteiger partial charge in [0, 0.05) is 32.1 Å². The van der Waals surface area contributed by atoms with Crippen molar-refractivity contribution in [3.8, 4) is 5.75 Å². The van der Waals surface area contributed by atoms with E-state index < -0.39 is 0 Å². The van der Waals surface area contributed by atoms with Crippen LogP contribution in [0, 0.1) is 0 Å². The van der Waals surface area contributed by atoms with E-state index in [0.717, 1.165) is 11.3 Å². The van der Waals surface area contributed by atoms with E-state index in [1.54, 1.807) is 11.9 Å². The lowest BCUT2D eigenvalue weighted by Gasteiger charge is -2.18. The first kappa shape index (κ1) is 13.5. The van der Waals surface area contributed by atoms with Crippen LogP contribution in [0.4, 0.5) is 0 Å². The van der Waals surface area contributed by atoms with Crippen molar-refractivity contribution in [3.05, 3.63) is 29.8 Å². The van der Waals surface area contributed by atoms with Gasteiger partial charge in [0.05, 0.1) is 6.61 Å². The van der Waals surface area contributed by atoms with Crippen molar-refractivity contribution >= 4 is 5.91 Å². The van der Waals surface area contributed by atoms with Gasteiger partial charge in [-0.2, -0.15) is 0 Å². The minimum Gasteiger partial charge on any atom is -0.494 e. The summed E-state index contributed by atoms with van der Waals surface area (Å²) in [4.78, 5) is 13.3. The van der Waals surface area contributed by atoms with E-state index in [0.29, 0.717) is 26.1 Å². The van der Waals surface area contributed by atoms with Crippen molar-refractivity contribution in [2.24, 2.45) is 5.73 Å². The molecule has 0 fully saturated rings. The van der Waals surface area contributed by atoms with Crippen LogP contribution in [0.2, 0.25) is 0 Å². The van der Waals surface area contributed by atoms with Gasteiger partial charge >= 0.3 is 0 Å². The third kappa shape index (κ3) is 4.07. The smallest absolute Gasteiger partial charge is 0.223 e. The Balaban J connectivity index is 2.70. The van der Waals surface area contributed by atoms with Crippen LogP contribution in [0.1, 0.15) is 18.9 Å². The molecule has 94 valence electrons. The van der Waals surface area contributed by atoms with Gasteiger partial charge < -0.3 is 15.4 Å². The highest BCUT2D eigenvalue weighted by molar-refractivity contribution is 5.76. The maximum atomic E-state index is 11.6. The third-order valence-electron chi connectivity index (χ3n) is 2.46. The molecule has 0 aromatic heterocycles. The predicted molar refractivity (Wildman–Crippen MR) is 67.8 cm³/mol. The highest BCUT2D eigenvalue weighted by atomic mass is 16.5. The zero-order chi connectivity index (χ0) is 12.7. The molecular formula is C13H20N2O2. The van der Waals surface area contributed by atoms with Crippen LogP contribution in [0.25, 0.3) is 0 Å². The molecule has 0 aliphatic carbocycles. The molecule has 1 aromatic carbocycles. The van der Waals surface area contributed by atoms with Gasteiger partial charge in [-0.25, -0.2) is 0 Å². The summed E-state index contributed by atoms with van der Waals surface area (Å²) in [5, 5.41) is 0. The van der Waals surface area contributed by atoms with Gasteiger partial charge in [-0.15, -0.1) is 0 Å². The molecule has 0 heterocycles. The van der Waals surface area contributed by atoms with Gasteiger partial charge in [0.25, 0.3) is 0 Å². The van der Waals surface area contributed by atoms with Crippen molar-refractivity contribution in [2.45, 2.75) is 19.9 Å². The lowest BCUT2D eigenvalue weighted by molar-refractivity contribution is -0.130. The number of benzene rings is 1. The Bertz CT molecular complexity index is 366. The Morgan fingerprint density at radius 3 is 2.76 bits per heavy atom. The van der Waals surface area contributed by atoms with E-state index >= 15 is 0 Å². The fourth-order valence-electron chi connectivity index (χ4n) is 1.59. The second-order valence-corrected chi connectivity index (χ2v) is 3.83. The SMILES string of the molecule is CCOc1ccccc1CN(C)C(=O)CCN. The molecule has 1 amide bonds. The summed E-state index contributed by atoms with van der Waals surface area (Å²) < 4.78 is 5.51. The largest absolute Gasteiger partial charge is 0.494 e. The van der Waals surface area contributed by atoms with Crippen molar-refractivity contribution in [1.29, 1.82) is 0 Å². The molecule has 4 heteroatoms. The van der Waals surface area contributed by atoms with Crippen LogP contribution in [0.3, 0.4) is 0 Å². The van der Waals surface area contributed by atoms with Crippen molar-refractivity contribution in [3.63, 3.8) is 0 Å². The summed E-state index contributed by atoms with van der Waals surface area (Å²) in [6.45, 7) is 3.50. The second kappa shape index (κ2) is 6.91. The standard InChI is InChI=1S/C13H20N2O2/c1-3-17-12-7-5-4-6-11(12)10-15(2)13(16)8-9-14/h4-7H,3,8-10,14H2,1-2H3. The topological polar surface area (TPSA) is 55.6 Å². The van der Waals surface area contributed by atoms with Crippen molar-refractivity contribution in [1.82, 2.24) is 4.90 Å². The summed E-state index contributed by atoms with van der Waals surface area (Å²) >= 11 is 0. The molecule has 0 aliphatic rings. The molecule has 0 radical (unpaired) electrons. The van der Waals surface area contributed by atoms with Crippen LogP contribution >= 0.6 is 0 Å². The molecule has 0 aliphatic heterocycles. The highest BCUT2D eigenvalue weighted by Gasteiger charge is 2.10. The minimum absolute atomic E-state index is 0.0544. The number of rotatable bonds is 6. The quantitative estimate of drug-likeness (QED) is 0.812. The Morgan fingerprint density at radius 2 is 2.12 bits per heavy atom. The lowest BCUT2D eigenvalue weighted by Crippen LogP contribution is -2.28. The summed E-state index contributed by atoms with van der Waals surface area (Å²) in [6, 6.07) is 7.76. The van der Waals surface area contributed by atoms with Crippen molar-refractivity contribution < 1.29 is 9.53 Å². The van der Waals surface area contributed by atoms with E-state index in [4.69, 9.17) is 10.5 Å². The van der Waals surface area contributed by atoms with Crippen molar-refractivity contribution in [2.75, 3.05) is 20.2 Å². The number of amides is 1. The summed E-state index contributed by atoms with van der Waals surface area (Å²) in [5.74, 6) is 0.890. The van der Waals surface area contributed by atoms with Crippen LogP contribution in [0.15, 0.2) is 24.3 Å². The second-order valence-electron chi connectivity index (χ2n) is 3.83. The lowest BCUT2D eigenvalue weighted by atomic mass is 10.2. The van der Waals surface area contributed by atoms with Crippen LogP contribution < -0.4 is 10.5 Å². The first-order valence-electron chi connectivity index (χ1n) is 5.83. The summed E-state index contributed by atoms with van der Waals surface area (Å²) in [6.07, 6.45) is 0.382. The Hall–Kier alpha value is -1.55. The number of ether oxygens (including phenoxy) is 1. The molecule has 0 spiro atoms. The average molecular weight is 236 g/mol. The van der Waals surface area contributed by atoms with Crippen LogP contribution in [-0.4, -0.2) is 31.0 Å². The van der Waals surface area contributed by atoms with Gasteiger partial charge in [-0.1, -0.05) is 18.2 Å². The van der Waals surface area contributed by atoms with E-state index in [1.165, 1.54) is 0 Å². The molecule has 0 saturated heterocycles. The molecule has 0 saturated carbocycles. The molecule has 1 rings (SSSR count). The van der Waals surface area contributed by atoms with E-state index in [1.807, 2.05) is 31.2 Å². The maximum absolute atomic E-state index is 11.6. The van der Waals surface area contributed by atoms with Gasteiger partial charge in [0.2, 0.25) is 5.91 Å². The average Bonchev–Trinajstić information content (AvgIpc) is 2.32. The zero-order valence-electron chi connectivity index (χ0n) is 10.5. The first-order valence-corrected chi connectivity index (χ1v) is 5.83. The molecule has 0 unspecified atom stereocenters. The Labute approximate surface area is 102 Å². The van der Waals surface area contributed by atoms with Gasteiger partial charge in [0.1, 0.15) is 5.75 Å². The summed E-state index contributed by atoms with van der Waals surface area (Å²) in [7, 11) is 1.78. The van der Waals surface area contributed by atoms with E-state index in [9.17, 15) is 4.79 Å². The summed E-state index contributed by atoms with van der Waals surface area (Å²) in [5.41, 5.74) is 6.38.